The molecule has 1 aromatic carbocycles. The molecule has 144 valence electrons. The first kappa shape index (κ1) is 18.2. The van der Waals surface area contributed by atoms with Gasteiger partial charge in [0, 0.05) is 31.1 Å². The number of carbonyl (C=O) groups excluding carboxylic acids is 2. The molecule has 0 saturated carbocycles. The van der Waals surface area contributed by atoms with Gasteiger partial charge in [0.15, 0.2) is 0 Å². The first-order chi connectivity index (χ1) is 13.6. The third-order valence-electron chi connectivity index (χ3n) is 4.55. The highest BCUT2D eigenvalue weighted by Gasteiger charge is 2.26. The summed E-state index contributed by atoms with van der Waals surface area (Å²) in [6.07, 6.45) is 1.40. The molecular formula is C18H17FN6O2S. The summed E-state index contributed by atoms with van der Waals surface area (Å²) in [5.74, 6) is -0.413. The zero-order valence-electron chi connectivity index (χ0n) is 14.9. The molecule has 1 aliphatic rings. The van der Waals surface area contributed by atoms with Gasteiger partial charge in [-0.3, -0.25) is 9.59 Å². The predicted molar refractivity (Wildman–Crippen MR) is 100 cm³/mol. The second kappa shape index (κ2) is 7.85. The summed E-state index contributed by atoms with van der Waals surface area (Å²) >= 11 is 1.38. The lowest BCUT2D eigenvalue weighted by Crippen LogP contribution is -2.51. The Morgan fingerprint density at radius 1 is 1.00 bits per heavy atom. The van der Waals surface area contributed by atoms with E-state index in [0.717, 1.165) is 10.4 Å². The number of benzene rings is 1. The van der Waals surface area contributed by atoms with Gasteiger partial charge < -0.3 is 9.80 Å². The van der Waals surface area contributed by atoms with Crippen LogP contribution < -0.4 is 0 Å². The molecule has 1 saturated heterocycles. The molecule has 28 heavy (non-hydrogen) atoms. The summed E-state index contributed by atoms with van der Waals surface area (Å²) in [5, 5.41) is 10.7. The van der Waals surface area contributed by atoms with Crippen molar-refractivity contribution < 1.29 is 14.0 Å². The summed E-state index contributed by atoms with van der Waals surface area (Å²) in [5.41, 5.74) is 0.878. The Kier molecular flexibility index (Phi) is 5.11. The molecule has 0 atom stereocenters. The Morgan fingerprint density at radius 3 is 2.39 bits per heavy atom. The van der Waals surface area contributed by atoms with E-state index in [-0.39, 0.29) is 24.2 Å². The Balaban J connectivity index is 1.35. The maximum atomic E-state index is 13.1. The zero-order chi connectivity index (χ0) is 19.5. The molecule has 4 rings (SSSR count). The number of thiophene rings is 1. The summed E-state index contributed by atoms with van der Waals surface area (Å²) in [7, 11) is 0. The largest absolute Gasteiger partial charge is 0.338 e. The van der Waals surface area contributed by atoms with Gasteiger partial charge >= 0.3 is 0 Å². The van der Waals surface area contributed by atoms with E-state index >= 15 is 0 Å². The van der Waals surface area contributed by atoms with E-state index in [1.165, 1.54) is 34.5 Å². The number of nitrogens with zero attached hydrogens (tertiary/aromatic N) is 6. The number of tetrazole rings is 1. The third kappa shape index (κ3) is 3.91. The molecule has 1 fully saturated rings. The molecule has 0 N–H and O–H groups in total. The monoisotopic (exact) mass is 400 g/mol. The first-order valence-electron chi connectivity index (χ1n) is 8.74. The van der Waals surface area contributed by atoms with E-state index in [2.05, 4.69) is 15.5 Å². The molecule has 0 unspecified atom stereocenters. The van der Waals surface area contributed by atoms with Crippen LogP contribution in [0, 0.1) is 5.82 Å². The van der Waals surface area contributed by atoms with Crippen molar-refractivity contribution in [2.75, 3.05) is 26.2 Å². The summed E-state index contributed by atoms with van der Waals surface area (Å²) < 4.78 is 14.5. The van der Waals surface area contributed by atoms with Crippen molar-refractivity contribution in [3.63, 3.8) is 0 Å². The van der Waals surface area contributed by atoms with Crippen LogP contribution in [0.15, 0.2) is 42.7 Å². The minimum atomic E-state index is -0.288. The Morgan fingerprint density at radius 2 is 1.71 bits per heavy atom. The molecule has 2 aromatic heterocycles. The van der Waals surface area contributed by atoms with Crippen molar-refractivity contribution in [1.29, 1.82) is 0 Å². The van der Waals surface area contributed by atoms with Crippen LogP contribution in [0.3, 0.4) is 0 Å². The Hall–Kier alpha value is -3.14. The molecule has 1 aliphatic heterocycles. The first-order valence-corrected chi connectivity index (χ1v) is 9.55. The number of hydrogen-bond acceptors (Lipinski definition) is 6. The standard InChI is InChI=1S/C18H17FN6O2S/c19-14-3-1-13(2-4-14)15-5-6-16(28-15)18(27)24-9-7-23(8-10-24)17(26)11-25-12-20-21-22-25/h1-6,12H,7-11H2. The Bertz CT molecular complexity index is 964. The topological polar surface area (TPSA) is 84.2 Å². The summed E-state index contributed by atoms with van der Waals surface area (Å²) in [6, 6.07) is 9.87. The van der Waals surface area contributed by atoms with Gasteiger partial charge in [0.2, 0.25) is 5.91 Å². The van der Waals surface area contributed by atoms with Gasteiger partial charge in [0.25, 0.3) is 5.91 Å². The van der Waals surface area contributed by atoms with Crippen LogP contribution in [0.1, 0.15) is 9.67 Å². The number of aromatic nitrogens is 4. The van der Waals surface area contributed by atoms with Crippen LogP contribution in [0.4, 0.5) is 4.39 Å². The van der Waals surface area contributed by atoms with E-state index in [4.69, 9.17) is 0 Å². The lowest BCUT2D eigenvalue weighted by molar-refractivity contribution is -0.133. The van der Waals surface area contributed by atoms with Gasteiger partial charge in [-0.2, -0.15) is 0 Å². The van der Waals surface area contributed by atoms with Crippen LogP contribution in [0.25, 0.3) is 10.4 Å². The van der Waals surface area contributed by atoms with Gasteiger partial charge in [-0.25, -0.2) is 9.07 Å². The lowest BCUT2D eigenvalue weighted by atomic mass is 10.2. The number of carbonyl (C=O) groups is 2. The molecule has 0 aliphatic carbocycles. The zero-order valence-corrected chi connectivity index (χ0v) is 15.7. The smallest absolute Gasteiger partial charge is 0.264 e. The quantitative estimate of drug-likeness (QED) is 0.663. The molecule has 3 aromatic rings. The van der Waals surface area contributed by atoms with Crippen LogP contribution in [-0.4, -0.2) is 68.0 Å². The van der Waals surface area contributed by atoms with Crippen LogP contribution in [0.5, 0.6) is 0 Å². The third-order valence-corrected chi connectivity index (χ3v) is 5.68. The molecule has 0 spiro atoms. The van der Waals surface area contributed by atoms with Gasteiger partial charge in [-0.1, -0.05) is 12.1 Å². The second-order valence-electron chi connectivity index (χ2n) is 6.35. The SMILES string of the molecule is O=C(Cn1cnnn1)N1CCN(C(=O)c2ccc(-c3ccc(F)cc3)s2)CC1. The van der Waals surface area contributed by atoms with Crippen LogP contribution >= 0.6 is 11.3 Å². The summed E-state index contributed by atoms with van der Waals surface area (Å²) in [6.45, 7) is 1.99. The van der Waals surface area contributed by atoms with E-state index < -0.39 is 0 Å². The van der Waals surface area contributed by atoms with Crippen molar-refractivity contribution in [2.24, 2.45) is 0 Å². The van der Waals surface area contributed by atoms with Crippen molar-refractivity contribution in [3.8, 4) is 10.4 Å². The minimum absolute atomic E-state index is 0.0501. The van der Waals surface area contributed by atoms with Crippen molar-refractivity contribution in [1.82, 2.24) is 30.0 Å². The highest BCUT2D eigenvalue weighted by Crippen LogP contribution is 2.29. The van der Waals surface area contributed by atoms with Gasteiger partial charge in [0.05, 0.1) is 4.88 Å². The predicted octanol–water partition coefficient (Wildman–Crippen LogP) is 1.53. The van der Waals surface area contributed by atoms with Crippen LogP contribution in [0.2, 0.25) is 0 Å². The van der Waals surface area contributed by atoms with E-state index in [1.807, 2.05) is 6.07 Å². The number of rotatable bonds is 4. The molecule has 0 bridgehead atoms. The molecule has 0 radical (unpaired) electrons. The normalized spacial score (nSPS) is 14.3. The van der Waals surface area contributed by atoms with Gasteiger partial charge in [0.1, 0.15) is 18.7 Å². The number of halogens is 1. The maximum Gasteiger partial charge on any atom is 0.264 e. The average Bonchev–Trinajstić information content (AvgIpc) is 3.40. The molecule has 3 heterocycles. The fraction of sp³-hybridized carbons (Fsp3) is 0.278. The fourth-order valence-corrected chi connectivity index (χ4v) is 4.01. The minimum Gasteiger partial charge on any atom is -0.338 e. The highest BCUT2D eigenvalue weighted by molar-refractivity contribution is 7.17. The van der Waals surface area contributed by atoms with E-state index in [9.17, 15) is 14.0 Å². The van der Waals surface area contributed by atoms with Gasteiger partial charge in [-0.15, -0.1) is 16.4 Å². The highest BCUT2D eigenvalue weighted by atomic mass is 32.1. The summed E-state index contributed by atoms with van der Waals surface area (Å²) in [4.78, 5) is 30.1. The van der Waals surface area contributed by atoms with Gasteiger partial charge in [-0.05, 0) is 40.3 Å². The number of hydrogen-bond donors (Lipinski definition) is 0. The number of amides is 2. The van der Waals surface area contributed by atoms with E-state index in [0.29, 0.717) is 31.1 Å². The van der Waals surface area contributed by atoms with Crippen molar-refractivity contribution >= 4 is 23.2 Å². The molecular weight excluding hydrogens is 383 g/mol. The lowest BCUT2D eigenvalue weighted by Gasteiger charge is -2.34. The van der Waals surface area contributed by atoms with E-state index in [1.54, 1.807) is 28.0 Å². The fourth-order valence-electron chi connectivity index (χ4n) is 3.03. The van der Waals surface area contributed by atoms with Crippen LogP contribution in [-0.2, 0) is 11.3 Å². The molecule has 8 nitrogen and oxygen atoms in total. The average molecular weight is 400 g/mol. The second-order valence-corrected chi connectivity index (χ2v) is 7.43. The molecule has 2 amide bonds. The molecule has 10 heteroatoms. The Labute approximate surface area is 164 Å². The van der Waals surface area contributed by atoms with Crippen molar-refractivity contribution in [2.45, 2.75) is 6.54 Å². The maximum absolute atomic E-state index is 13.1. The number of piperazine rings is 1. The van der Waals surface area contributed by atoms with Crippen molar-refractivity contribution in [3.05, 3.63) is 53.4 Å².